The third-order valence-corrected chi connectivity index (χ3v) is 2.78. The van der Waals surface area contributed by atoms with Crippen LogP contribution in [0.2, 0.25) is 0 Å². The molecule has 0 amide bonds. The lowest BCUT2D eigenvalue weighted by molar-refractivity contribution is -0.00552. The van der Waals surface area contributed by atoms with Crippen LogP contribution in [0.15, 0.2) is 0 Å². The molecule has 0 bridgehead atoms. The van der Waals surface area contributed by atoms with Crippen LogP contribution >= 0.6 is 0 Å². The van der Waals surface area contributed by atoms with Crippen molar-refractivity contribution in [1.82, 2.24) is 4.90 Å². The molecule has 1 N–H and O–H groups in total. The van der Waals surface area contributed by atoms with Crippen molar-refractivity contribution in [2.75, 3.05) is 13.1 Å². The maximum atomic E-state index is 9.96. The summed E-state index contributed by atoms with van der Waals surface area (Å²) >= 11 is 0. The molecule has 0 radical (unpaired) electrons. The van der Waals surface area contributed by atoms with Gasteiger partial charge in [-0.3, -0.25) is 4.90 Å². The van der Waals surface area contributed by atoms with E-state index in [4.69, 9.17) is 0 Å². The van der Waals surface area contributed by atoms with Crippen molar-refractivity contribution in [1.29, 1.82) is 0 Å². The Morgan fingerprint density at radius 2 is 2.08 bits per heavy atom. The van der Waals surface area contributed by atoms with Crippen LogP contribution in [-0.4, -0.2) is 34.7 Å². The van der Waals surface area contributed by atoms with Crippen LogP contribution in [0, 0.1) is 5.92 Å². The van der Waals surface area contributed by atoms with Crippen molar-refractivity contribution >= 4 is 0 Å². The number of likely N-dealkylation sites (tertiary alicyclic amines) is 1. The zero-order valence-electron chi connectivity index (χ0n) is 9.38. The monoisotopic (exact) mass is 185 g/mol. The highest BCUT2D eigenvalue weighted by Crippen LogP contribution is 2.27. The normalized spacial score (nSPS) is 25.8. The van der Waals surface area contributed by atoms with E-state index in [-0.39, 0.29) is 0 Å². The molecule has 1 atom stereocenters. The number of hydrogen-bond donors (Lipinski definition) is 1. The predicted octanol–water partition coefficient (Wildman–Crippen LogP) is 1.88. The summed E-state index contributed by atoms with van der Waals surface area (Å²) in [6.07, 6.45) is 2.39. The molecule has 1 fully saturated rings. The molecule has 1 rings (SSSR count). The second-order valence-corrected chi connectivity index (χ2v) is 5.20. The first kappa shape index (κ1) is 11.0. The largest absolute Gasteiger partial charge is 0.389 e. The average molecular weight is 185 g/mol. The molecule has 1 aliphatic rings. The number of rotatable bonds is 3. The molecule has 1 aliphatic heterocycles. The van der Waals surface area contributed by atoms with Gasteiger partial charge >= 0.3 is 0 Å². The summed E-state index contributed by atoms with van der Waals surface area (Å²) in [6.45, 7) is 10.6. The lowest BCUT2D eigenvalue weighted by Crippen LogP contribution is -2.46. The highest BCUT2D eigenvalue weighted by molar-refractivity contribution is 4.90. The first-order valence-corrected chi connectivity index (χ1v) is 5.37. The molecule has 0 saturated carbocycles. The summed E-state index contributed by atoms with van der Waals surface area (Å²) in [4.78, 5) is 2.44. The topological polar surface area (TPSA) is 23.5 Å². The van der Waals surface area contributed by atoms with Crippen LogP contribution in [0.4, 0.5) is 0 Å². The molecule has 78 valence electrons. The van der Waals surface area contributed by atoms with Crippen LogP contribution in [-0.2, 0) is 0 Å². The van der Waals surface area contributed by atoms with E-state index in [0.29, 0.717) is 12.0 Å². The first-order valence-electron chi connectivity index (χ1n) is 5.37. The number of aliphatic hydroxyl groups is 1. The third-order valence-electron chi connectivity index (χ3n) is 2.78. The zero-order valence-corrected chi connectivity index (χ0v) is 9.38. The van der Waals surface area contributed by atoms with Gasteiger partial charge in [0.1, 0.15) is 0 Å². The van der Waals surface area contributed by atoms with Crippen LogP contribution < -0.4 is 0 Å². The van der Waals surface area contributed by atoms with Crippen LogP contribution in [0.1, 0.15) is 40.5 Å². The lowest BCUT2D eigenvalue weighted by Gasteiger charge is -2.34. The zero-order chi connectivity index (χ0) is 10.1. The summed E-state index contributed by atoms with van der Waals surface area (Å²) in [5.74, 6) is 0.697. The van der Waals surface area contributed by atoms with Gasteiger partial charge in [0.25, 0.3) is 0 Å². The number of nitrogens with zero attached hydrogens (tertiary/aromatic N) is 1. The third kappa shape index (κ3) is 2.96. The molecule has 1 unspecified atom stereocenters. The standard InChI is InChI=1S/C11H23NO/c1-9(2)8-12-7-5-6-10(12)11(3,4)13/h9-10,13H,5-8H2,1-4H3. The summed E-state index contributed by atoms with van der Waals surface area (Å²) in [6, 6.07) is 0.370. The van der Waals surface area contributed by atoms with Crippen molar-refractivity contribution in [3.05, 3.63) is 0 Å². The van der Waals surface area contributed by atoms with Crippen molar-refractivity contribution < 1.29 is 5.11 Å². The van der Waals surface area contributed by atoms with Gasteiger partial charge in [0, 0.05) is 12.6 Å². The van der Waals surface area contributed by atoms with Crippen molar-refractivity contribution in [3.63, 3.8) is 0 Å². The fourth-order valence-corrected chi connectivity index (χ4v) is 2.31. The molecular formula is C11H23NO. The first-order chi connectivity index (χ1) is 5.91. The Morgan fingerprint density at radius 1 is 1.46 bits per heavy atom. The van der Waals surface area contributed by atoms with E-state index < -0.39 is 5.60 Å². The van der Waals surface area contributed by atoms with Crippen LogP contribution in [0.3, 0.4) is 0 Å². The van der Waals surface area contributed by atoms with E-state index in [1.807, 2.05) is 13.8 Å². The van der Waals surface area contributed by atoms with E-state index in [1.165, 1.54) is 6.42 Å². The average Bonchev–Trinajstić information content (AvgIpc) is 2.31. The molecule has 2 heteroatoms. The second kappa shape index (κ2) is 3.97. The SMILES string of the molecule is CC(C)CN1CCCC1C(C)(C)O. The smallest absolute Gasteiger partial charge is 0.0746 e. The van der Waals surface area contributed by atoms with Gasteiger partial charge in [0.15, 0.2) is 0 Å². The van der Waals surface area contributed by atoms with Gasteiger partial charge in [-0.1, -0.05) is 13.8 Å². The van der Waals surface area contributed by atoms with Gasteiger partial charge in [0.05, 0.1) is 5.60 Å². The highest BCUT2D eigenvalue weighted by Gasteiger charge is 2.35. The van der Waals surface area contributed by atoms with E-state index >= 15 is 0 Å². The molecule has 13 heavy (non-hydrogen) atoms. The molecule has 1 heterocycles. The molecule has 0 aromatic heterocycles. The van der Waals surface area contributed by atoms with Gasteiger partial charge in [-0.2, -0.15) is 0 Å². The van der Waals surface area contributed by atoms with Crippen molar-refractivity contribution in [2.24, 2.45) is 5.92 Å². The highest BCUT2D eigenvalue weighted by atomic mass is 16.3. The molecular weight excluding hydrogens is 162 g/mol. The quantitative estimate of drug-likeness (QED) is 0.725. The minimum absolute atomic E-state index is 0.370. The minimum atomic E-state index is -0.536. The molecule has 1 saturated heterocycles. The Labute approximate surface area is 81.9 Å². The van der Waals surface area contributed by atoms with E-state index in [2.05, 4.69) is 18.7 Å². The Kier molecular flexibility index (Phi) is 3.36. The molecule has 2 nitrogen and oxygen atoms in total. The molecule has 0 aromatic carbocycles. The van der Waals surface area contributed by atoms with Crippen LogP contribution in [0.25, 0.3) is 0 Å². The summed E-state index contributed by atoms with van der Waals surface area (Å²) in [5, 5.41) is 9.96. The Hall–Kier alpha value is -0.0800. The Morgan fingerprint density at radius 3 is 2.54 bits per heavy atom. The van der Waals surface area contributed by atoms with Gasteiger partial charge in [-0.25, -0.2) is 0 Å². The van der Waals surface area contributed by atoms with Gasteiger partial charge in [0.2, 0.25) is 0 Å². The van der Waals surface area contributed by atoms with E-state index in [1.54, 1.807) is 0 Å². The fourth-order valence-electron chi connectivity index (χ4n) is 2.31. The fraction of sp³-hybridized carbons (Fsp3) is 1.00. The predicted molar refractivity (Wildman–Crippen MR) is 55.7 cm³/mol. The summed E-state index contributed by atoms with van der Waals surface area (Å²) in [5.41, 5.74) is -0.536. The second-order valence-electron chi connectivity index (χ2n) is 5.20. The molecule has 0 spiro atoms. The van der Waals surface area contributed by atoms with Crippen molar-refractivity contribution in [3.8, 4) is 0 Å². The maximum Gasteiger partial charge on any atom is 0.0746 e. The summed E-state index contributed by atoms with van der Waals surface area (Å²) < 4.78 is 0. The van der Waals surface area contributed by atoms with E-state index in [9.17, 15) is 5.11 Å². The van der Waals surface area contributed by atoms with Crippen molar-refractivity contribution in [2.45, 2.75) is 52.2 Å². The molecule has 0 aromatic rings. The lowest BCUT2D eigenvalue weighted by atomic mass is 9.96. The van der Waals surface area contributed by atoms with Gasteiger partial charge < -0.3 is 5.11 Å². The Bertz CT molecular complexity index is 160. The summed E-state index contributed by atoms with van der Waals surface area (Å²) in [7, 11) is 0. The van der Waals surface area contributed by atoms with Crippen LogP contribution in [0.5, 0.6) is 0 Å². The van der Waals surface area contributed by atoms with E-state index in [0.717, 1.165) is 19.5 Å². The maximum absolute atomic E-state index is 9.96. The molecule has 0 aliphatic carbocycles. The minimum Gasteiger partial charge on any atom is -0.389 e. The van der Waals surface area contributed by atoms with Gasteiger partial charge in [-0.05, 0) is 39.2 Å². The van der Waals surface area contributed by atoms with Gasteiger partial charge in [-0.15, -0.1) is 0 Å². The Balaban J connectivity index is 2.54. The number of hydrogen-bond acceptors (Lipinski definition) is 2.